The number of aryl methyl sites for hydroxylation is 1. The van der Waals surface area contributed by atoms with Crippen LogP contribution in [-0.2, 0) is 4.79 Å². The maximum atomic E-state index is 13.9. The molecule has 5 atom stereocenters. The van der Waals surface area contributed by atoms with Crippen LogP contribution in [0, 0.1) is 41.4 Å². The van der Waals surface area contributed by atoms with Crippen LogP contribution in [0.25, 0.3) is 0 Å². The lowest BCUT2D eigenvalue weighted by molar-refractivity contribution is -0.138. The van der Waals surface area contributed by atoms with E-state index in [0.717, 1.165) is 31.2 Å². The fourth-order valence-corrected chi connectivity index (χ4v) is 6.53. The lowest BCUT2D eigenvalue weighted by atomic mass is 9.44. The van der Waals surface area contributed by atoms with Crippen molar-refractivity contribution < 1.29 is 14.3 Å². The number of hydrogen-bond donors (Lipinski definition) is 1. The van der Waals surface area contributed by atoms with Crippen LogP contribution < -0.4 is 10.5 Å². The fraction of sp³-hybridized carbons (Fsp3) is 0.667. The van der Waals surface area contributed by atoms with Gasteiger partial charge in [0.05, 0.1) is 7.11 Å². The van der Waals surface area contributed by atoms with Crippen molar-refractivity contribution in [2.75, 3.05) is 7.11 Å². The summed E-state index contributed by atoms with van der Waals surface area (Å²) in [5.74, 6) is 0.339. The molecule has 0 bridgehead atoms. The molecule has 0 aliphatic heterocycles. The molecule has 0 aromatic heterocycles. The van der Waals surface area contributed by atoms with Gasteiger partial charge in [0.1, 0.15) is 5.75 Å². The largest absolute Gasteiger partial charge is 0.497 e. The minimum Gasteiger partial charge on any atom is -0.497 e. The normalized spacial score (nSPS) is 34.4. The molecule has 2 aliphatic rings. The lowest BCUT2D eigenvalue weighted by Crippen LogP contribution is -2.57. The third kappa shape index (κ3) is 3.35. The van der Waals surface area contributed by atoms with Gasteiger partial charge < -0.3 is 10.5 Å². The van der Waals surface area contributed by atoms with E-state index in [1.807, 2.05) is 32.0 Å². The number of fused-ring (bicyclic) bond motifs is 1. The number of nitrogens with two attached hydrogens (primary N) is 1. The van der Waals surface area contributed by atoms with Crippen molar-refractivity contribution in [3.8, 4) is 5.75 Å². The molecular weight excluding hydrogens is 350 g/mol. The van der Waals surface area contributed by atoms with Crippen LogP contribution in [0.1, 0.15) is 69.3 Å². The second-order valence-electron chi connectivity index (χ2n) is 10.1. The number of benzene rings is 1. The average Bonchev–Trinajstić information content (AvgIpc) is 2.59. The highest BCUT2D eigenvalue weighted by atomic mass is 16.5. The van der Waals surface area contributed by atoms with Crippen LogP contribution in [0.4, 0.5) is 0 Å². The quantitative estimate of drug-likeness (QED) is 0.759. The number of ether oxygens (including phenoxy) is 1. The van der Waals surface area contributed by atoms with Gasteiger partial charge in [-0.15, -0.1) is 0 Å². The Morgan fingerprint density at radius 1 is 1.14 bits per heavy atom. The Labute approximate surface area is 169 Å². The predicted molar refractivity (Wildman–Crippen MR) is 111 cm³/mol. The number of ketones is 1. The highest BCUT2D eigenvalue weighted by molar-refractivity contribution is 5.99. The SMILES string of the molecule is COc1cc(C)cc(C(=O)C2C(C)C(C(N)=O)CC3C(C)(C)CCCC23C)c1. The molecule has 0 radical (unpaired) electrons. The fourth-order valence-electron chi connectivity index (χ4n) is 6.53. The predicted octanol–water partition coefficient (Wildman–Crippen LogP) is 4.78. The van der Waals surface area contributed by atoms with Gasteiger partial charge in [-0.3, -0.25) is 9.59 Å². The summed E-state index contributed by atoms with van der Waals surface area (Å²) in [7, 11) is 1.62. The van der Waals surface area contributed by atoms with Crippen molar-refractivity contribution in [2.24, 2.45) is 40.2 Å². The highest BCUT2D eigenvalue weighted by Gasteiger charge is 2.59. The number of methoxy groups -OCH3 is 1. The second kappa shape index (κ2) is 7.20. The molecule has 1 aromatic rings. The molecule has 154 valence electrons. The Balaban J connectivity index is 2.10. The van der Waals surface area contributed by atoms with E-state index < -0.39 is 0 Å². The maximum Gasteiger partial charge on any atom is 0.220 e. The van der Waals surface area contributed by atoms with Crippen LogP contribution in [-0.4, -0.2) is 18.8 Å². The van der Waals surface area contributed by atoms with Crippen molar-refractivity contribution in [3.63, 3.8) is 0 Å². The molecule has 28 heavy (non-hydrogen) atoms. The minimum atomic E-state index is -0.268. The minimum absolute atomic E-state index is 0.0633. The molecule has 4 nitrogen and oxygen atoms in total. The number of carbonyl (C=O) groups is 2. The molecule has 1 amide bonds. The summed E-state index contributed by atoms with van der Waals surface area (Å²) in [5.41, 5.74) is 7.47. The van der Waals surface area contributed by atoms with E-state index >= 15 is 0 Å². The van der Waals surface area contributed by atoms with Crippen molar-refractivity contribution in [1.29, 1.82) is 0 Å². The van der Waals surface area contributed by atoms with E-state index in [1.54, 1.807) is 7.11 Å². The van der Waals surface area contributed by atoms with Gasteiger partial charge in [-0.05, 0) is 72.6 Å². The molecule has 2 fully saturated rings. The van der Waals surface area contributed by atoms with E-state index in [2.05, 4.69) is 20.8 Å². The Morgan fingerprint density at radius 3 is 2.43 bits per heavy atom. The Hall–Kier alpha value is -1.84. The van der Waals surface area contributed by atoms with Crippen LogP contribution in [0.5, 0.6) is 5.75 Å². The van der Waals surface area contributed by atoms with Gasteiger partial charge in [0.2, 0.25) is 5.91 Å². The third-order valence-corrected chi connectivity index (χ3v) is 7.86. The van der Waals surface area contributed by atoms with Crippen molar-refractivity contribution in [1.82, 2.24) is 0 Å². The summed E-state index contributed by atoms with van der Waals surface area (Å²) in [4.78, 5) is 26.2. The molecular formula is C24H35NO3. The number of Topliss-reactive ketones (excluding diaryl/α,β-unsaturated/α-hetero) is 1. The molecule has 0 heterocycles. The number of rotatable bonds is 4. The molecule has 2 aliphatic carbocycles. The molecule has 2 saturated carbocycles. The summed E-state index contributed by atoms with van der Waals surface area (Å²) in [6.07, 6.45) is 4.07. The van der Waals surface area contributed by atoms with E-state index in [1.165, 1.54) is 0 Å². The summed E-state index contributed by atoms with van der Waals surface area (Å²) in [6, 6.07) is 5.71. The third-order valence-electron chi connectivity index (χ3n) is 7.86. The monoisotopic (exact) mass is 385 g/mol. The standard InChI is InChI=1S/C24H35NO3/c1-14-10-16(12-17(11-14)28-6)21(26)20-15(2)18(22(25)27)13-19-23(3,4)8-7-9-24(19,20)5/h10-12,15,18-20H,7-9,13H2,1-6H3,(H2,25,27). The van der Waals surface area contributed by atoms with Crippen LogP contribution in [0.2, 0.25) is 0 Å². The molecule has 0 saturated heterocycles. The summed E-state index contributed by atoms with van der Waals surface area (Å²) in [5, 5.41) is 0. The van der Waals surface area contributed by atoms with Gasteiger partial charge >= 0.3 is 0 Å². The maximum absolute atomic E-state index is 13.9. The van der Waals surface area contributed by atoms with Gasteiger partial charge in [-0.2, -0.15) is 0 Å². The van der Waals surface area contributed by atoms with Gasteiger partial charge in [0.15, 0.2) is 5.78 Å². The lowest BCUT2D eigenvalue weighted by Gasteiger charge is -2.60. The first-order valence-electron chi connectivity index (χ1n) is 10.5. The van der Waals surface area contributed by atoms with Gasteiger partial charge in [-0.1, -0.05) is 34.1 Å². The first-order valence-corrected chi connectivity index (χ1v) is 10.5. The van der Waals surface area contributed by atoms with Crippen molar-refractivity contribution in [2.45, 2.75) is 60.3 Å². The molecule has 4 heteroatoms. The molecule has 1 aromatic carbocycles. The van der Waals surface area contributed by atoms with Crippen molar-refractivity contribution in [3.05, 3.63) is 29.3 Å². The molecule has 5 unspecified atom stereocenters. The Kier molecular flexibility index (Phi) is 5.37. The second-order valence-corrected chi connectivity index (χ2v) is 10.1. The van der Waals surface area contributed by atoms with Crippen LogP contribution in [0.15, 0.2) is 18.2 Å². The number of primary amides is 1. The first kappa shape index (κ1) is 20.9. The molecule has 3 rings (SSSR count). The van der Waals surface area contributed by atoms with E-state index in [4.69, 9.17) is 10.5 Å². The molecule has 0 spiro atoms. The van der Waals surface area contributed by atoms with E-state index in [9.17, 15) is 9.59 Å². The zero-order valence-electron chi connectivity index (χ0n) is 18.2. The summed E-state index contributed by atoms with van der Waals surface area (Å²) < 4.78 is 5.40. The highest BCUT2D eigenvalue weighted by Crippen LogP contribution is 2.62. The summed E-state index contributed by atoms with van der Waals surface area (Å²) >= 11 is 0. The smallest absolute Gasteiger partial charge is 0.220 e. The first-order chi connectivity index (χ1) is 13.0. The van der Waals surface area contributed by atoms with Crippen LogP contribution in [0.3, 0.4) is 0 Å². The van der Waals surface area contributed by atoms with Gasteiger partial charge in [0, 0.05) is 17.4 Å². The summed E-state index contributed by atoms with van der Waals surface area (Å²) in [6.45, 7) is 10.9. The zero-order valence-corrected chi connectivity index (χ0v) is 18.2. The Morgan fingerprint density at radius 2 is 1.82 bits per heavy atom. The Bertz CT molecular complexity index is 784. The molecule has 2 N–H and O–H groups in total. The topological polar surface area (TPSA) is 69.4 Å². The average molecular weight is 386 g/mol. The van der Waals surface area contributed by atoms with Crippen LogP contribution >= 0.6 is 0 Å². The van der Waals surface area contributed by atoms with Gasteiger partial charge in [0.25, 0.3) is 0 Å². The zero-order chi connectivity index (χ0) is 20.9. The van der Waals surface area contributed by atoms with E-state index in [0.29, 0.717) is 17.2 Å². The number of carbonyl (C=O) groups excluding carboxylic acids is 2. The van der Waals surface area contributed by atoms with E-state index in [-0.39, 0.29) is 40.3 Å². The van der Waals surface area contributed by atoms with Crippen molar-refractivity contribution >= 4 is 11.7 Å². The number of amides is 1. The number of hydrogen-bond acceptors (Lipinski definition) is 3. The van der Waals surface area contributed by atoms with Gasteiger partial charge in [-0.25, -0.2) is 0 Å².